The van der Waals surface area contributed by atoms with Gasteiger partial charge in [0, 0.05) is 25.5 Å². The number of nitrogens with zero attached hydrogens (tertiary/aromatic N) is 3. The smallest absolute Gasteiger partial charge is 0.327 e. The zero-order valence-electron chi connectivity index (χ0n) is 12.2. The van der Waals surface area contributed by atoms with Crippen molar-refractivity contribution < 1.29 is 14.7 Å². The van der Waals surface area contributed by atoms with Gasteiger partial charge in [0.1, 0.15) is 6.04 Å². The number of amides is 2. The Labute approximate surface area is 127 Å². The van der Waals surface area contributed by atoms with E-state index in [9.17, 15) is 14.7 Å². The Hall–Kier alpha value is -1.70. The summed E-state index contributed by atoms with van der Waals surface area (Å²) >= 11 is 1.52. The molecule has 8 heteroatoms. The number of aliphatic carboxylic acids is 1. The van der Waals surface area contributed by atoms with Crippen molar-refractivity contribution in [2.24, 2.45) is 7.05 Å². The van der Waals surface area contributed by atoms with Crippen LogP contribution in [-0.4, -0.2) is 55.5 Å². The molecule has 0 saturated carbocycles. The van der Waals surface area contributed by atoms with Crippen LogP contribution in [0.25, 0.3) is 0 Å². The first kappa shape index (κ1) is 15.7. The summed E-state index contributed by atoms with van der Waals surface area (Å²) in [7, 11) is 1.84. The molecule has 0 bridgehead atoms. The van der Waals surface area contributed by atoms with Crippen molar-refractivity contribution in [1.29, 1.82) is 0 Å². The minimum Gasteiger partial charge on any atom is -0.480 e. The summed E-state index contributed by atoms with van der Waals surface area (Å²) in [6, 6.07) is -1.04. The number of carbonyl (C=O) groups excluding carboxylic acids is 1. The molecule has 2 heterocycles. The van der Waals surface area contributed by atoms with Crippen LogP contribution in [0.15, 0.2) is 12.4 Å². The monoisotopic (exact) mass is 312 g/mol. The Balaban J connectivity index is 1.89. The summed E-state index contributed by atoms with van der Waals surface area (Å²) in [5.41, 5.74) is 1.04. The molecule has 1 aliphatic rings. The molecule has 1 aromatic rings. The third-order valence-corrected chi connectivity index (χ3v) is 4.86. The van der Waals surface area contributed by atoms with Gasteiger partial charge in [-0.25, -0.2) is 9.59 Å². The first-order valence-electron chi connectivity index (χ1n) is 6.91. The van der Waals surface area contributed by atoms with Gasteiger partial charge in [0.25, 0.3) is 0 Å². The van der Waals surface area contributed by atoms with Crippen molar-refractivity contribution >= 4 is 23.8 Å². The van der Waals surface area contributed by atoms with Gasteiger partial charge in [-0.15, -0.1) is 11.8 Å². The van der Waals surface area contributed by atoms with Crippen LogP contribution in [-0.2, 0) is 18.3 Å². The van der Waals surface area contributed by atoms with Crippen molar-refractivity contribution in [2.75, 3.05) is 12.3 Å². The number of carboxylic acid groups (broad SMARTS) is 1. The van der Waals surface area contributed by atoms with Crippen LogP contribution in [0.4, 0.5) is 4.79 Å². The fraction of sp³-hybridized carbons (Fsp3) is 0.615. The molecule has 2 N–H and O–H groups in total. The van der Waals surface area contributed by atoms with E-state index >= 15 is 0 Å². The van der Waals surface area contributed by atoms with Crippen LogP contribution in [0, 0.1) is 0 Å². The van der Waals surface area contributed by atoms with Gasteiger partial charge in [0.05, 0.1) is 11.6 Å². The lowest BCUT2D eigenvalue weighted by atomic mass is 10.2. The Bertz CT molecular complexity index is 519. The second-order valence-electron chi connectivity index (χ2n) is 4.96. The molecule has 0 spiro atoms. The number of rotatable bonds is 5. The largest absolute Gasteiger partial charge is 0.480 e. The highest BCUT2D eigenvalue weighted by molar-refractivity contribution is 8.00. The molecule has 1 fully saturated rings. The van der Waals surface area contributed by atoms with Crippen LogP contribution >= 0.6 is 11.8 Å². The predicted octanol–water partition coefficient (Wildman–Crippen LogP) is 0.910. The normalized spacial score (nSPS) is 21.5. The van der Waals surface area contributed by atoms with Gasteiger partial charge in [-0.1, -0.05) is 6.92 Å². The van der Waals surface area contributed by atoms with Crippen molar-refractivity contribution in [3.05, 3.63) is 18.0 Å². The van der Waals surface area contributed by atoms with E-state index in [2.05, 4.69) is 10.4 Å². The minimum absolute atomic E-state index is 0.0653. The number of aryl methyl sites for hydroxylation is 1. The lowest BCUT2D eigenvalue weighted by Gasteiger charge is -2.26. The van der Waals surface area contributed by atoms with Crippen LogP contribution in [0.3, 0.4) is 0 Å². The van der Waals surface area contributed by atoms with Gasteiger partial charge in [0.15, 0.2) is 0 Å². The van der Waals surface area contributed by atoms with Gasteiger partial charge in [0.2, 0.25) is 0 Å². The maximum atomic E-state index is 12.2. The van der Waals surface area contributed by atoms with Gasteiger partial charge in [-0.2, -0.15) is 5.10 Å². The highest BCUT2D eigenvalue weighted by Crippen LogP contribution is 2.31. The number of nitrogens with one attached hydrogen (secondary N) is 1. The Morgan fingerprint density at radius 3 is 2.90 bits per heavy atom. The van der Waals surface area contributed by atoms with E-state index in [0.29, 0.717) is 18.7 Å². The third-order valence-electron chi connectivity index (χ3n) is 3.41. The molecule has 2 amide bonds. The highest BCUT2D eigenvalue weighted by atomic mass is 32.2. The van der Waals surface area contributed by atoms with Gasteiger partial charge < -0.3 is 10.4 Å². The third kappa shape index (κ3) is 3.69. The fourth-order valence-corrected chi connectivity index (χ4v) is 3.69. The summed E-state index contributed by atoms with van der Waals surface area (Å²) in [4.78, 5) is 24.9. The first-order valence-corrected chi connectivity index (χ1v) is 7.96. The zero-order chi connectivity index (χ0) is 15.4. The van der Waals surface area contributed by atoms with Crippen molar-refractivity contribution in [3.8, 4) is 0 Å². The maximum Gasteiger partial charge on any atom is 0.327 e. The Morgan fingerprint density at radius 1 is 1.57 bits per heavy atom. The topological polar surface area (TPSA) is 87.5 Å². The SMILES string of the molecule is CCC1SCC(C(=O)O)N1C(=O)NCCc1cnn(C)c1. The van der Waals surface area contributed by atoms with E-state index in [-0.39, 0.29) is 11.4 Å². The van der Waals surface area contributed by atoms with E-state index in [1.165, 1.54) is 16.7 Å². The van der Waals surface area contributed by atoms with Gasteiger partial charge in [-0.05, 0) is 18.4 Å². The lowest BCUT2D eigenvalue weighted by molar-refractivity contribution is -0.141. The molecule has 1 aromatic heterocycles. The number of aromatic nitrogens is 2. The van der Waals surface area contributed by atoms with Crippen LogP contribution < -0.4 is 5.32 Å². The maximum absolute atomic E-state index is 12.2. The molecule has 116 valence electrons. The van der Waals surface area contributed by atoms with Gasteiger partial charge in [-0.3, -0.25) is 9.58 Å². The molecule has 1 saturated heterocycles. The molecule has 0 aromatic carbocycles. The highest BCUT2D eigenvalue weighted by Gasteiger charge is 2.40. The second-order valence-corrected chi connectivity index (χ2v) is 6.17. The average Bonchev–Trinajstić information content (AvgIpc) is 3.04. The standard InChI is InChI=1S/C13H20N4O3S/c1-3-11-17(10(8-21-11)12(18)19)13(20)14-5-4-9-6-15-16(2)7-9/h6-7,10-11H,3-5,8H2,1-2H3,(H,14,20)(H,18,19). The lowest BCUT2D eigenvalue weighted by Crippen LogP contribution is -2.50. The van der Waals surface area contributed by atoms with Crippen molar-refractivity contribution in [1.82, 2.24) is 20.0 Å². The summed E-state index contributed by atoms with van der Waals surface area (Å²) in [6.07, 6.45) is 5.07. The number of hydrogen-bond acceptors (Lipinski definition) is 4. The average molecular weight is 312 g/mol. The van der Waals surface area contributed by atoms with Gasteiger partial charge >= 0.3 is 12.0 Å². The van der Waals surface area contributed by atoms with Crippen LogP contribution in [0.5, 0.6) is 0 Å². The minimum atomic E-state index is -0.944. The fourth-order valence-electron chi connectivity index (χ4n) is 2.35. The summed E-state index contributed by atoms with van der Waals surface area (Å²) in [5, 5.41) is 16.0. The van der Waals surface area contributed by atoms with E-state index < -0.39 is 12.0 Å². The van der Waals surface area contributed by atoms with E-state index in [1.54, 1.807) is 10.9 Å². The van der Waals surface area contributed by atoms with E-state index in [4.69, 9.17) is 0 Å². The number of thioether (sulfide) groups is 1. The summed E-state index contributed by atoms with van der Waals surface area (Å²) < 4.78 is 1.71. The molecule has 2 unspecified atom stereocenters. The molecule has 0 aliphatic carbocycles. The molecule has 1 aliphatic heterocycles. The van der Waals surface area contributed by atoms with Crippen molar-refractivity contribution in [3.63, 3.8) is 0 Å². The molecular formula is C13H20N4O3S. The molecular weight excluding hydrogens is 292 g/mol. The number of hydrogen-bond donors (Lipinski definition) is 2. The first-order chi connectivity index (χ1) is 10.0. The quantitative estimate of drug-likeness (QED) is 0.844. The molecule has 2 rings (SSSR count). The molecule has 21 heavy (non-hydrogen) atoms. The van der Waals surface area contributed by atoms with Crippen molar-refractivity contribution in [2.45, 2.75) is 31.2 Å². The Kier molecular flexibility index (Phi) is 5.11. The summed E-state index contributed by atoms with van der Waals surface area (Å²) in [5.74, 6) is -0.495. The molecule has 0 radical (unpaired) electrons. The molecule has 2 atom stereocenters. The van der Waals surface area contributed by atoms with E-state index in [1.807, 2.05) is 20.2 Å². The number of urea groups is 1. The molecule has 7 nitrogen and oxygen atoms in total. The number of carbonyl (C=O) groups is 2. The predicted molar refractivity (Wildman–Crippen MR) is 80.1 cm³/mol. The van der Waals surface area contributed by atoms with Crippen LogP contribution in [0.1, 0.15) is 18.9 Å². The Morgan fingerprint density at radius 2 is 2.33 bits per heavy atom. The van der Waals surface area contributed by atoms with Crippen LogP contribution in [0.2, 0.25) is 0 Å². The second kappa shape index (κ2) is 6.84. The number of carboxylic acids is 1. The van der Waals surface area contributed by atoms with E-state index in [0.717, 1.165) is 12.0 Å². The zero-order valence-corrected chi connectivity index (χ0v) is 13.0. The summed E-state index contributed by atoms with van der Waals surface area (Å²) in [6.45, 7) is 2.42.